The number of rotatable bonds is 8. The minimum atomic E-state index is -0.767. The Morgan fingerprint density at radius 3 is 2.46 bits per heavy atom. The van der Waals surface area contributed by atoms with Crippen LogP contribution in [0.25, 0.3) is 0 Å². The number of carbonyl (C=O) groups is 2. The number of aromatic hydroxyl groups is 1. The number of benzene rings is 3. The van der Waals surface area contributed by atoms with Crippen LogP contribution in [0, 0.1) is 18.3 Å². The molecular formula is C30H28N4O4S. The molecule has 4 rings (SSSR count). The summed E-state index contributed by atoms with van der Waals surface area (Å²) in [5, 5.41) is 29.9. The van der Waals surface area contributed by atoms with E-state index in [2.05, 4.69) is 22.0 Å². The maximum absolute atomic E-state index is 13.6. The maximum Gasteiger partial charge on any atom is 0.254 e. The van der Waals surface area contributed by atoms with Crippen LogP contribution in [0.1, 0.15) is 24.0 Å². The molecule has 198 valence electrons. The molecule has 0 spiro atoms. The van der Waals surface area contributed by atoms with Crippen molar-refractivity contribution in [1.29, 1.82) is 5.26 Å². The van der Waals surface area contributed by atoms with Crippen molar-refractivity contribution in [3.05, 3.63) is 106 Å². The van der Waals surface area contributed by atoms with Gasteiger partial charge in [-0.1, -0.05) is 54.2 Å². The minimum absolute atomic E-state index is 0.0479. The van der Waals surface area contributed by atoms with Gasteiger partial charge in [0, 0.05) is 22.6 Å². The van der Waals surface area contributed by atoms with Gasteiger partial charge in [-0.15, -0.1) is 0 Å². The summed E-state index contributed by atoms with van der Waals surface area (Å²) in [7, 11) is 1.43. The summed E-state index contributed by atoms with van der Waals surface area (Å²) in [5.74, 6) is -1.16. The fourth-order valence-electron chi connectivity index (χ4n) is 4.29. The number of aryl methyl sites for hydroxylation is 1. The van der Waals surface area contributed by atoms with Gasteiger partial charge >= 0.3 is 0 Å². The monoisotopic (exact) mass is 540 g/mol. The number of dihydropyridines is 1. The average Bonchev–Trinajstić information content (AvgIpc) is 2.93. The van der Waals surface area contributed by atoms with Crippen LogP contribution in [0.5, 0.6) is 11.5 Å². The number of phenols is 1. The van der Waals surface area contributed by atoms with Crippen LogP contribution in [0.3, 0.4) is 0 Å². The topological polar surface area (TPSA) is 123 Å². The van der Waals surface area contributed by atoms with Crippen LogP contribution in [-0.2, 0) is 9.59 Å². The van der Waals surface area contributed by atoms with Gasteiger partial charge < -0.3 is 25.8 Å². The highest BCUT2D eigenvalue weighted by Crippen LogP contribution is 2.43. The van der Waals surface area contributed by atoms with Crippen molar-refractivity contribution in [2.75, 3.05) is 23.5 Å². The fourth-order valence-corrected chi connectivity index (χ4v) is 5.18. The van der Waals surface area contributed by atoms with Gasteiger partial charge in [0.15, 0.2) is 11.5 Å². The molecule has 1 aliphatic rings. The van der Waals surface area contributed by atoms with E-state index in [0.29, 0.717) is 27.6 Å². The molecular weight excluding hydrogens is 512 g/mol. The summed E-state index contributed by atoms with van der Waals surface area (Å²) in [5.41, 5.74) is 4.03. The van der Waals surface area contributed by atoms with Gasteiger partial charge in [0.2, 0.25) is 5.91 Å². The molecule has 4 N–H and O–H groups in total. The Morgan fingerprint density at radius 2 is 1.77 bits per heavy atom. The predicted octanol–water partition coefficient (Wildman–Crippen LogP) is 5.42. The Kier molecular flexibility index (Phi) is 8.59. The third-order valence-electron chi connectivity index (χ3n) is 6.23. The first kappa shape index (κ1) is 27.4. The van der Waals surface area contributed by atoms with Gasteiger partial charge in [-0.3, -0.25) is 9.59 Å². The zero-order chi connectivity index (χ0) is 27.9. The molecule has 0 aromatic heterocycles. The number of allylic oxidation sites excluding steroid dienone is 2. The molecule has 3 aromatic rings. The number of carbonyl (C=O) groups excluding carboxylic acids is 2. The maximum atomic E-state index is 13.6. The Morgan fingerprint density at radius 1 is 1.05 bits per heavy atom. The number of amides is 2. The zero-order valence-corrected chi connectivity index (χ0v) is 22.6. The van der Waals surface area contributed by atoms with E-state index in [1.807, 2.05) is 49.4 Å². The van der Waals surface area contributed by atoms with E-state index in [1.54, 1.807) is 31.2 Å². The van der Waals surface area contributed by atoms with E-state index in [0.717, 1.165) is 11.3 Å². The summed E-state index contributed by atoms with van der Waals surface area (Å²) in [6.45, 7) is 3.67. The van der Waals surface area contributed by atoms with Gasteiger partial charge in [0.05, 0.1) is 35.5 Å². The number of ether oxygens (including phenoxy) is 1. The third kappa shape index (κ3) is 6.25. The first-order valence-corrected chi connectivity index (χ1v) is 13.1. The molecule has 0 bridgehead atoms. The van der Waals surface area contributed by atoms with E-state index in [-0.39, 0.29) is 34.6 Å². The first-order chi connectivity index (χ1) is 18.8. The van der Waals surface area contributed by atoms with Gasteiger partial charge in [-0.2, -0.15) is 5.26 Å². The average molecular weight is 541 g/mol. The summed E-state index contributed by atoms with van der Waals surface area (Å²) < 4.78 is 5.30. The van der Waals surface area contributed by atoms with Gasteiger partial charge in [0.25, 0.3) is 5.91 Å². The van der Waals surface area contributed by atoms with Gasteiger partial charge in [0.1, 0.15) is 0 Å². The molecule has 8 nitrogen and oxygen atoms in total. The second-order valence-electron chi connectivity index (χ2n) is 8.85. The molecule has 39 heavy (non-hydrogen) atoms. The minimum Gasteiger partial charge on any atom is -0.504 e. The normalized spacial score (nSPS) is 14.8. The molecule has 3 aromatic carbocycles. The lowest BCUT2D eigenvalue weighted by Crippen LogP contribution is -2.31. The summed E-state index contributed by atoms with van der Waals surface area (Å²) in [4.78, 5) is 26.3. The fraction of sp³-hybridized carbons (Fsp3) is 0.167. The molecule has 9 heteroatoms. The van der Waals surface area contributed by atoms with Crippen LogP contribution < -0.4 is 20.7 Å². The number of hydrogen-bond donors (Lipinski definition) is 4. The Hall–Kier alpha value is -4.68. The standard InChI is InChI=1S/C30H28N4O4S/c1-18-9-7-8-12-23(18)34-26(36)17-39-30-22(16-31)28(20-13-14-24(35)25(15-20)38-3)27(19(2)32-30)29(37)33-21-10-5-4-6-11-21/h4-15,28,32,35H,17H2,1-3H3,(H,33,37)(H,34,36)/t28-/m1/s1. The lowest BCUT2D eigenvalue weighted by molar-refractivity contribution is -0.114. The Bertz CT molecular complexity index is 1510. The van der Waals surface area contributed by atoms with Gasteiger partial charge in [-0.25, -0.2) is 0 Å². The SMILES string of the molecule is COc1cc([C@@H]2C(C#N)=C(SCC(=O)Nc3ccccc3C)NC(C)=C2C(=O)Nc2ccccc2)ccc1O. The molecule has 0 radical (unpaired) electrons. The van der Waals surface area contributed by atoms with Crippen molar-refractivity contribution in [3.63, 3.8) is 0 Å². The lowest BCUT2D eigenvalue weighted by Gasteiger charge is -2.30. The van der Waals surface area contributed by atoms with E-state index in [9.17, 15) is 20.0 Å². The van der Waals surface area contributed by atoms with Crippen LogP contribution in [-0.4, -0.2) is 29.8 Å². The number of methoxy groups -OCH3 is 1. The number of nitrogens with one attached hydrogen (secondary N) is 3. The molecule has 0 fully saturated rings. The van der Waals surface area contributed by atoms with Crippen LogP contribution in [0.4, 0.5) is 11.4 Å². The molecule has 0 aliphatic carbocycles. The van der Waals surface area contributed by atoms with Crippen molar-refractivity contribution in [3.8, 4) is 17.6 Å². The smallest absolute Gasteiger partial charge is 0.254 e. The highest BCUT2D eigenvalue weighted by Gasteiger charge is 2.35. The quantitative estimate of drug-likeness (QED) is 0.301. The Balaban J connectivity index is 1.68. The first-order valence-electron chi connectivity index (χ1n) is 12.2. The number of para-hydroxylation sites is 2. The number of nitriles is 1. The van der Waals surface area contributed by atoms with Crippen molar-refractivity contribution in [1.82, 2.24) is 5.32 Å². The summed E-state index contributed by atoms with van der Waals surface area (Å²) in [6, 6.07) is 23.5. The number of nitrogens with zero attached hydrogens (tertiary/aromatic N) is 1. The zero-order valence-electron chi connectivity index (χ0n) is 21.7. The predicted molar refractivity (Wildman–Crippen MR) is 153 cm³/mol. The third-order valence-corrected chi connectivity index (χ3v) is 7.24. The molecule has 1 heterocycles. The van der Waals surface area contributed by atoms with Crippen molar-refractivity contribution in [2.24, 2.45) is 0 Å². The highest BCUT2D eigenvalue weighted by molar-refractivity contribution is 8.03. The summed E-state index contributed by atoms with van der Waals surface area (Å²) >= 11 is 1.18. The van der Waals surface area contributed by atoms with E-state index >= 15 is 0 Å². The molecule has 0 saturated carbocycles. The molecule has 0 saturated heterocycles. The largest absolute Gasteiger partial charge is 0.504 e. The Labute approximate surface area is 231 Å². The second kappa shape index (κ2) is 12.2. The number of anilines is 2. The second-order valence-corrected chi connectivity index (χ2v) is 9.84. The number of hydrogen-bond acceptors (Lipinski definition) is 7. The number of phenolic OH excluding ortho intramolecular Hbond substituents is 1. The molecule has 1 atom stereocenters. The molecule has 2 amide bonds. The van der Waals surface area contributed by atoms with Crippen molar-refractivity contribution >= 4 is 35.0 Å². The van der Waals surface area contributed by atoms with E-state index in [1.165, 1.54) is 24.9 Å². The van der Waals surface area contributed by atoms with Gasteiger partial charge in [-0.05, 0) is 55.3 Å². The van der Waals surface area contributed by atoms with Crippen molar-refractivity contribution < 1.29 is 19.4 Å². The molecule has 0 unspecified atom stereocenters. The van der Waals surface area contributed by atoms with Crippen LogP contribution >= 0.6 is 11.8 Å². The molecule has 1 aliphatic heterocycles. The van der Waals surface area contributed by atoms with E-state index in [4.69, 9.17) is 4.74 Å². The summed E-state index contributed by atoms with van der Waals surface area (Å²) in [6.07, 6.45) is 0. The highest BCUT2D eigenvalue weighted by atomic mass is 32.2. The van der Waals surface area contributed by atoms with Crippen LogP contribution in [0.2, 0.25) is 0 Å². The van der Waals surface area contributed by atoms with Crippen LogP contribution in [0.15, 0.2) is 94.7 Å². The lowest BCUT2D eigenvalue weighted by atomic mass is 9.82. The number of thioether (sulfide) groups is 1. The van der Waals surface area contributed by atoms with Crippen molar-refractivity contribution in [2.45, 2.75) is 19.8 Å². The van der Waals surface area contributed by atoms with E-state index < -0.39 is 5.92 Å².